The molecule has 2 fully saturated rings. The number of para-hydroxylation sites is 1. The Balaban J connectivity index is 1.53. The van der Waals surface area contributed by atoms with E-state index in [-0.39, 0.29) is 0 Å². The van der Waals surface area contributed by atoms with E-state index in [9.17, 15) is 0 Å². The molecule has 2 aliphatic heterocycles. The van der Waals surface area contributed by atoms with Gasteiger partial charge in [-0.05, 0) is 51.4 Å². The number of piperidine rings is 1. The summed E-state index contributed by atoms with van der Waals surface area (Å²) < 4.78 is 2.55. The smallest absolute Gasteiger partial charge is 0.0485 e. The topological polar surface area (TPSA) is 14.7 Å². The summed E-state index contributed by atoms with van der Waals surface area (Å²) in [6.45, 7) is 15.2. The third-order valence-electron chi connectivity index (χ3n) is 7.27. The number of aromatic nitrogens is 1. The highest BCUT2D eigenvalue weighted by Gasteiger charge is 2.41. The van der Waals surface area contributed by atoms with Crippen molar-refractivity contribution in [1.29, 1.82) is 0 Å². The SMILES string of the molecule is Cc1c(CN2CCC3(CC2)CN(C)CCN3C)c2ccccc2n1CC(C)C. The quantitative estimate of drug-likeness (QED) is 0.799. The lowest BCUT2D eigenvalue weighted by atomic mass is 9.83. The average molecular weight is 383 g/mol. The number of benzene rings is 1. The summed E-state index contributed by atoms with van der Waals surface area (Å²) in [6, 6.07) is 9.00. The van der Waals surface area contributed by atoms with Gasteiger partial charge >= 0.3 is 0 Å². The van der Waals surface area contributed by atoms with Gasteiger partial charge in [0.15, 0.2) is 0 Å². The van der Waals surface area contributed by atoms with E-state index in [1.807, 2.05) is 0 Å². The largest absolute Gasteiger partial charge is 0.344 e. The zero-order valence-electron chi connectivity index (χ0n) is 18.5. The molecule has 28 heavy (non-hydrogen) atoms. The fourth-order valence-corrected chi connectivity index (χ4v) is 5.45. The summed E-state index contributed by atoms with van der Waals surface area (Å²) in [7, 11) is 4.63. The van der Waals surface area contributed by atoms with Crippen LogP contribution in [0.3, 0.4) is 0 Å². The highest BCUT2D eigenvalue weighted by Crippen LogP contribution is 2.33. The third kappa shape index (κ3) is 3.62. The Morgan fingerprint density at radius 2 is 1.71 bits per heavy atom. The van der Waals surface area contributed by atoms with Crippen LogP contribution in [0.25, 0.3) is 10.9 Å². The molecule has 4 rings (SSSR count). The van der Waals surface area contributed by atoms with Crippen LogP contribution in [-0.2, 0) is 13.1 Å². The fraction of sp³-hybridized carbons (Fsp3) is 0.667. The summed E-state index contributed by atoms with van der Waals surface area (Å²) in [5.74, 6) is 0.663. The van der Waals surface area contributed by atoms with Crippen molar-refractivity contribution in [3.05, 3.63) is 35.5 Å². The second-order valence-corrected chi connectivity index (χ2v) is 9.75. The van der Waals surface area contributed by atoms with Crippen LogP contribution in [-0.4, -0.2) is 71.6 Å². The van der Waals surface area contributed by atoms with Crippen LogP contribution in [0.2, 0.25) is 0 Å². The molecule has 0 amide bonds. The van der Waals surface area contributed by atoms with Gasteiger partial charge in [0.25, 0.3) is 0 Å². The lowest BCUT2D eigenvalue weighted by Gasteiger charge is -2.52. The second kappa shape index (κ2) is 7.81. The Hall–Kier alpha value is -1.36. The summed E-state index contributed by atoms with van der Waals surface area (Å²) in [4.78, 5) is 7.87. The Bertz CT molecular complexity index is 813. The molecular formula is C24H38N4. The van der Waals surface area contributed by atoms with Gasteiger partial charge in [0.1, 0.15) is 0 Å². The number of piperazine rings is 1. The zero-order valence-corrected chi connectivity index (χ0v) is 18.5. The average Bonchev–Trinajstić information content (AvgIpc) is 2.92. The van der Waals surface area contributed by atoms with E-state index in [2.05, 4.69) is 78.4 Å². The summed E-state index contributed by atoms with van der Waals surface area (Å²) >= 11 is 0. The van der Waals surface area contributed by atoms with E-state index in [0.29, 0.717) is 11.5 Å². The van der Waals surface area contributed by atoms with Crippen molar-refractivity contribution >= 4 is 10.9 Å². The van der Waals surface area contributed by atoms with Crippen molar-refractivity contribution in [3.63, 3.8) is 0 Å². The maximum Gasteiger partial charge on any atom is 0.0485 e. The molecule has 1 spiro atoms. The monoisotopic (exact) mass is 382 g/mol. The Labute approximate surface area is 171 Å². The van der Waals surface area contributed by atoms with Gasteiger partial charge in [0.2, 0.25) is 0 Å². The molecule has 1 aromatic heterocycles. The number of fused-ring (bicyclic) bond motifs is 1. The van der Waals surface area contributed by atoms with Crippen molar-refractivity contribution in [2.75, 3.05) is 46.8 Å². The molecule has 1 aromatic carbocycles. The van der Waals surface area contributed by atoms with Gasteiger partial charge < -0.3 is 9.47 Å². The number of likely N-dealkylation sites (tertiary alicyclic amines) is 1. The molecule has 2 aliphatic rings. The Kier molecular flexibility index (Phi) is 5.56. The highest BCUT2D eigenvalue weighted by molar-refractivity contribution is 5.85. The molecule has 0 aliphatic carbocycles. The van der Waals surface area contributed by atoms with Crippen LogP contribution in [0, 0.1) is 12.8 Å². The summed E-state index contributed by atoms with van der Waals surface area (Å²) in [5.41, 5.74) is 4.81. The molecule has 0 radical (unpaired) electrons. The number of rotatable bonds is 4. The second-order valence-electron chi connectivity index (χ2n) is 9.75. The van der Waals surface area contributed by atoms with Crippen LogP contribution in [0.5, 0.6) is 0 Å². The minimum Gasteiger partial charge on any atom is -0.344 e. The zero-order chi connectivity index (χ0) is 19.9. The number of hydrogen-bond acceptors (Lipinski definition) is 3. The fourth-order valence-electron chi connectivity index (χ4n) is 5.45. The first-order valence-corrected chi connectivity index (χ1v) is 11.1. The number of hydrogen-bond donors (Lipinski definition) is 0. The first-order valence-electron chi connectivity index (χ1n) is 11.1. The van der Waals surface area contributed by atoms with Crippen molar-refractivity contribution in [2.24, 2.45) is 5.92 Å². The predicted molar refractivity (Wildman–Crippen MR) is 119 cm³/mol. The lowest BCUT2D eigenvalue weighted by molar-refractivity contribution is -0.0205. The molecule has 2 aromatic rings. The van der Waals surface area contributed by atoms with E-state index in [4.69, 9.17) is 0 Å². The Morgan fingerprint density at radius 3 is 2.43 bits per heavy atom. The molecule has 3 heterocycles. The van der Waals surface area contributed by atoms with Crippen LogP contribution < -0.4 is 0 Å². The molecule has 154 valence electrons. The van der Waals surface area contributed by atoms with Crippen LogP contribution in [0.1, 0.15) is 37.9 Å². The molecule has 2 saturated heterocycles. The first-order chi connectivity index (χ1) is 13.4. The minimum absolute atomic E-state index is 0.393. The molecule has 0 saturated carbocycles. The van der Waals surface area contributed by atoms with Gasteiger partial charge in [0.05, 0.1) is 0 Å². The van der Waals surface area contributed by atoms with E-state index < -0.39 is 0 Å². The molecule has 0 unspecified atom stereocenters. The van der Waals surface area contributed by atoms with Gasteiger partial charge in [-0.1, -0.05) is 32.0 Å². The third-order valence-corrected chi connectivity index (χ3v) is 7.27. The minimum atomic E-state index is 0.393. The Morgan fingerprint density at radius 1 is 1.00 bits per heavy atom. The lowest BCUT2D eigenvalue weighted by Crippen LogP contribution is -2.63. The molecular weight excluding hydrogens is 344 g/mol. The van der Waals surface area contributed by atoms with Crippen LogP contribution in [0.15, 0.2) is 24.3 Å². The highest BCUT2D eigenvalue weighted by atomic mass is 15.3. The molecule has 0 bridgehead atoms. The summed E-state index contributed by atoms with van der Waals surface area (Å²) in [5, 5.41) is 1.45. The number of likely N-dealkylation sites (N-methyl/N-ethyl adjacent to an activating group) is 2. The predicted octanol–water partition coefficient (Wildman–Crippen LogP) is 3.82. The molecule has 4 heteroatoms. The van der Waals surface area contributed by atoms with Gasteiger partial charge in [-0.2, -0.15) is 0 Å². The molecule has 0 atom stereocenters. The molecule has 0 N–H and O–H groups in total. The summed E-state index contributed by atoms with van der Waals surface area (Å²) in [6.07, 6.45) is 2.58. The number of nitrogens with zero attached hydrogens (tertiary/aromatic N) is 4. The van der Waals surface area contributed by atoms with Crippen molar-refractivity contribution in [2.45, 2.75) is 52.2 Å². The van der Waals surface area contributed by atoms with Crippen molar-refractivity contribution < 1.29 is 0 Å². The van der Waals surface area contributed by atoms with Crippen LogP contribution >= 0.6 is 0 Å². The first kappa shape index (κ1) is 19.9. The van der Waals surface area contributed by atoms with Gasteiger partial charge in [-0.15, -0.1) is 0 Å². The van der Waals surface area contributed by atoms with E-state index in [1.165, 1.54) is 62.2 Å². The van der Waals surface area contributed by atoms with Gasteiger partial charge in [-0.25, -0.2) is 0 Å². The normalized spacial score (nSPS) is 21.9. The maximum absolute atomic E-state index is 2.70. The van der Waals surface area contributed by atoms with Crippen molar-refractivity contribution in [3.8, 4) is 0 Å². The van der Waals surface area contributed by atoms with Crippen LogP contribution in [0.4, 0.5) is 0 Å². The van der Waals surface area contributed by atoms with Gasteiger partial charge in [-0.3, -0.25) is 9.80 Å². The van der Waals surface area contributed by atoms with Crippen molar-refractivity contribution in [1.82, 2.24) is 19.3 Å². The van der Waals surface area contributed by atoms with E-state index in [1.54, 1.807) is 5.56 Å². The van der Waals surface area contributed by atoms with E-state index in [0.717, 1.165) is 13.1 Å². The van der Waals surface area contributed by atoms with E-state index >= 15 is 0 Å². The maximum atomic E-state index is 2.70. The standard InChI is InChI=1S/C24H38N4/c1-19(2)16-28-20(3)22(21-8-6-7-9-23(21)28)17-27-12-10-24(11-13-27)18-25(4)14-15-26(24)5/h6-9,19H,10-18H2,1-5H3. The van der Waals surface area contributed by atoms with Gasteiger partial charge in [0, 0.05) is 67.9 Å². The molecule has 4 nitrogen and oxygen atoms in total.